The number of Topliss-reactive ketones (excluding diaryl/α,β-unsaturated/α-hetero) is 1. The molecule has 1 aliphatic rings. The Balaban J connectivity index is 0.000000471. The number of nitrogens with zero attached hydrogens (tertiary/aromatic N) is 2. The number of ketones is 1. The van der Waals surface area contributed by atoms with Gasteiger partial charge in [0.2, 0.25) is 11.0 Å². The topological polar surface area (TPSA) is 116 Å². The highest BCUT2D eigenvalue weighted by Gasteiger charge is 2.41. The van der Waals surface area contributed by atoms with Crippen LogP contribution in [0.4, 0.5) is 9.57 Å². The van der Waals surface area contributed by atoms with E-state index in [0.29, 0.717) is 11.3 Å². The van der Waals surface area contributed by atoms with Crippen molar-refractivity contribution < 1.29 is 35.8 Å². The maximum Gasteiger partial charge on any atom is 0.306 e. The first kappa shape index (κ1) is 22.2. The molecule has 2 heterocycles. The molecule has 0 radical (unpaired) electrons. The van der Waals surface area contributed by atoms with Gasteiger partial charge < -0.3 is 4.55 Å². The lowest BCUT2D eigenvalue weighted by Crippen LogP contribution is -2.38. The molecule has 5 rings (SSSR count). The molecule has 0 atom stereocenters. The molecular weight excluding hydrogens is 451 g/mol. The predicted octanol–water partition coefficient (Wildman–Crippen LogP) is 2.60. The summed E-state index contributed by atoms with van der Waals surface area (Å²) in [5.74, 6) is -1.96. The molecule has 0 unspecified atom stereocenters. The maximum absolute atomic E-state index is 13.6. The summed E-state index contributed by atoms with van der Waals surface area (Å²) in [7, 11) is -3.47. The minimum Gasteiger partial charge on any atom is -0.722 e. The van der Waals surface area contributed by atoms with Crippen LogP contribution in [-0.2, 0) is 22.3 Å². The monoisotopic (exact) mass is 466 g/mol. The average Bonchev–Trinajstić information content (AvgIpc) is 3.03. The zero-order chi connectivity index (χ0) is 23.9. The molecule has 10 heteroatoms. The van der Waals surface area contributed by atoms with Gasteiger partial charge in [0.1, 0.15) is 7.05 Å². The van der Waals surface area contributed by atoms with E-state index in [1.807, 2.05) is 60.1 Å². The molecule has 0 fully saturated rings. The molecule has 1 aromatic heterocycles. The summed E-state index contributed by atoms with van der Waals surface area (Å²) in [5.41, 5.74) is 2.76. The number of hydrogen-bond donors (Lipinski definition) is 0. The second kappa shape index (κ2) is 8.15. The average molecular weight is 466 g/mol. The number of benzene rings is 3. The third-order valence-electron chi connectivity index (χ3n) is 5.27. The molecule has 0 saturated heterocycles. The molecule has 1 aliphatic heterocycles. The van der Waals surface area contributed by atoms with Gasteiger partial charge in [0, 0.05) is 12.1 Å². The molecule has 8 nitrogen and oxygen atoms in total. The number of halogens is 1. The van der Waals surface area contributed by atoms with E-state index in [-0.39, 0.29) is 5.56 Å². The van der Waals surface area contributed by atoms with Gasteiger partial charge in [-0.3, -0.25) is 14.4 Å². The smallest absolute Gasteiger partial charge is 0.306 e. The summed E-state index contributed by atoms with van der Waals surface area (Å²) in [4.78, 5) is 39.7. The summed E-state index contributed by atoms with van der Waals surface area (Å²) in [6.07, 6.45) is 0. The van der Waals surface area contributed by atoms with Crippen molar-refractivity contribution in [3.05, 3.63) is 83.9 Å². The molecule has 4 aromatic rings. The Kier molecular flexibility index (Phi) is 5.48. The van der Waals surface area contributed by atoms with Gasteiger partial charge in [-0.05, 0) is 24.3 Å². The van der Waals surface area contributed by atoms with Gasteiger partial charge in [0.05, 0.1) is 27.6 Å². The van der Waals surface area contributed by atoms with Gasteiger partial charge in [-0.1, -0.05) is 36.4 Å². The Bertz CT molecular complexity index is 1520. The molecule has 33 heavy (non-hydrogen) atoms. The van der Waals surface area contributed by atoms with Crippen molar-refractivity contribution in [1.82, 2.24) is 0 Å². The van der Waals surface area contributed by atoms with E-state index in [9.17, 15) is 18.3 Å². The zero-order valence-corrected chi connectivity index (χ0v) is 17.9. The minimum atomic E-state index is -5.42. The third kappa shape index (κ3) is 3.97. The Morgan fingerprint density at radius 1 is 0.879 bits per heavy atom. The van der Waals surface area contributed by atoms with Crippen molar-refractivity contribution in [2.24, 2.45) is 7.05 Å². The van der Waals surface area contributed by atoms with Crippen LogP contribution < -0.4 is 9.47 Å². The largest absolute Gasteiger partial charge is 0.722 e. The number of amides is 2. The molecule has 0 spiro atoms. The van der Waals surface area contributed by atoms with Crippen LogP contribution in [0.2, 0.25) is 0 Å². The van der Waals surface area contributed by atoms with Gasteiger partial charge >= 0.3 is 5.91 Å². The molecular formula is C23H15FN2O6S. The van der Waals surface area contributed by atoms with E-state index in [1.165, 1.54) is 0 Å². The van der Waals surface area contributed by atoms with Crippen LogP contribution in [0.25, 0.3) is 21.8 Å². The maximum atomic E-state index is 13.6. The molecule has 166 valence electrons. The third-order valence-corrected chi connectivity index (χ3v) is 5.27. The first-order valence-electron chi connectivity index (χ1n) is 9.56. The number of hydrogen-bond acceptors (Lipinski definition) is 6. The fourth-order valence-corrected chi connectivity index (χ4v) is 3.96. The predicted molar refractivity (Wildman–Crippen MR) is 116 cm³/mol. The molecule has 0 N–H and O–H groups in total. The quantitative estimate of drug-likeness (QED) is 0.106. The molecule has 3 aromatic carbocycles. The number of pyridine rings is 1. The number of carbonyl (C=O) groups is 3. The summed E-state index contributed by atoms with van der Waals surface area (Å²) < 4.78 is 37.4. The van der Waals surface area contributed by atoms with Crippen LogP contribution >= 0.6 is 0 Å². The van der Waals surface area contributed by atoms with Crippen molar-refractivity contribution in [1.29, 1.82) is 0 Å². The fourth-order valence-electron chi connectivity index (χ4n) is 3.96. The highest BCUT2D eigenvalue weighted by molar-refractivity contribution is 7.80. The Hall–Kier alpha value is -4.02. The van der Waals surface area contributed by atoms with E-state index >= 15 is 0 Å². The molecule has 2 amide bonds. The van der Waals surface area contributed by atoms with Crippen LogP contribution in [0.5, 0.6) is 0 Å². The number of aromatic nitrogens is 1. The fraction of sp³-hybridized carbons (Fsp3) is 0.0435. The number of imide groups is 1. The molecule has 0 saturated carbocycles. The van der Waals surface area contributed by atoms with E-state index in [4.69, 9.17) is 13.0 Å². The number of carbonyl (C=O) groups excluding carboxylic acids is 3. The van der Waals surface area contributed by atoms with Crippen LogP contribution in [0.1, 0.15) is 20.7 Å². The normalized spacial score (nSPS) is 13.1. The SMILES string of the molecule is C[n+]1c2ccccc2c(C(=O)N2C(=O)C(=O)c3ccccc32)c2ccccc21.O=S(=O)([O-])F. The molecule has 0 bridgehead atoms. The number of anilines is 1. The molecule has 0 aliphatic carbocycles. The highest BCUT2D eigenvalue weighted by atomic mass is 32.3. The number of para-hydroxylation sites is 3. The van der Waals surface area contributed by atoms with Crippen molar-refractivity contribution >= 4 is 55.6 Å². The van der Waals surface area contributed by atoms with E-state index < -0.39 is 28.1 Å². The van der Waals surface area contributed by atoms with Gasteiger partial charge in [-0.15, -0.1) is 3.89 Å². The number of fused-ring (bicyclic) bond motifs is 3. The van der Waals surface area contributed by atoms with Crippen LogP contribution in [-0.4, -0.2) is 30.6 Å². The van der Waals surface area contributed by atoms with Gasteiger partial charge in [-0.2, -0.15) is 4.57 Å². The highest BCUT2D eigenvalue weighted by Crippen LogP contribution is 2.33. The Morgan fingerprint density at radius 2 is 1.33 bits per heavy atom. The van der Waals surface area contributed by atoms with Crippen LogP contribution in [0, 0.1) is 0 Å². The zero-order valence-electron chi connectivity index (χ0n) is 17.1. The lowest BCUT2D eigenvalue weighted by Gasteiger charge is -2.17. The Labute approximate surface area is 187 Å². The van der Waals surface area contributed by atoms with Crippen LogP contribution in [0.15, 0.2) is 72.8 Å². The van der Waals surface area contributed by atoms with Crippen molar-refractivity contribution in [3.8, 4) is 0 Å². The first-order valence-corrected chi connectivity index (χ1v) is 10.9. The Morgan fingerprint density at radius 3 is 1.88 bits per heavy atom. The van der Waals surface area contributed by atoms with Crippen molar-refractivity contribution in [2.45, 2.75) is 0 Å². The van der Waals surface area contributed by atoms with Gasteiger partial charge in [-0.25, -0.2) is 13.3 Å². The van der Waals surface area contributed by atoms with Gasteiger partial charge in [0.15, 0.2) is 0 Å². The van der Waals surface area contributed by atoms with Crippen LogP contribution in [0.3, 0.4) is 0 Å². The summed E-state index contributed by atoms with van der Waals surface area (Å²) >= 11 is 0. The van der Waals surface area contributed by atoms with E-state index in [0.717, 1.165) is 26.7 Å². The minimum absolute atomic E-state index is 0.260. The van der Waals surface area contributed by atoms with Crippen molar-refractivity contribution in [3.63, 3.8) is 0 Å². The second-order valence-corrected chi connectivity index (χ2v) is 7.94. The van der Waals surface area contributed by atoms with E-state index in [2.05, 4.69) is 0 Å². The first-order chi connectivity index (χ1) is 15.6. The lowest BCUT2D eigenvalue weighted by atomic mass is 10.0. The summed E-state index contributed by atoms with van der Waals surface area (Å²) in [6.45, 7) is 0. The standard InChI is InChI=1S/C23H15N2O3.FHO3S/c1-24-17-11-5-2-8-14(17)20(15-9-3-6-12-18(15)24)22(27)25-19-13-7-4-10-16(19)21(26)23(25)28;1-5(2,3)4/h2-13H,1H3;(H,2,3,4)/q+1;/p-1. The number of rotatable bonds is 1. The van der Waals surface area contributed by atoms with Gasteiger partial charge in [0.25, 0.3) is 22.2 Å². The summed E-state index contributed by atoms with van der Waals surface area (Å²) in [5, 5.41) is 1.47. The number of aryl methyl sites for hydroxylation is 1. The van der Waals surface area contributed by atoms with E-state index in [1.54, 1.807) is 24.3 Å². The summed E-state index contributed by atoms with van der Waals surface area (Å²) in [6, 6.07) is 21.7. The lowest BCUT2D eigenvalue weighted by molar-refractivity contribution is -0.617. The van der Waals surface area contributed by atoms with Crippen molar-refractivity contribution in [2.75, 3.05) is 4.90 Å². The second-order valence-electron chi connectivity index (χ2n) is 7.15.